The zero-order chi connectivity index (χ0) is 10.9. The van der Waals surface area contributed by atoms with Crippen LogP contribution in [-0.2, 0) is 0 Å². The van der Waals surface area contributed by atoms with Crippen LogP contribution in [0.15, 0.2) is 18.2 Å². The van der Waals surface area contributed by atoms with Gasteiger partial charge in [0.2, 0.25) is 0 Å². The van der Waals surface area contributed by atoms with Crippen LogP contribution in [0.4, 0.5) is 8.78 Å². The number of alkyl halides is 1. The molecule has 0 heterocycles. The molecule has 78 valence electrons. The van der Waals surface area contributed by atoms with Crippen LogP contribution >= 0.6 is 0 Å². The zero-order valence-electron chi connectivity index (χ0n) is 8.64. The summed E-state index contributed by atoms with van der Waals surface area (Å²) < 4.78 is 26.7. The van der Waals surface area contributed by atoms with Crippen molar-refractivity contribution in [3.05, 3.63) is 35.1 Å². The van der Waals surface area contributed by atoms with Gasteiger partial charge in [0.25, 0.3) is 0 Å². The first-order chi connectivity index (χ1) is 6.30. The monoisotopic (exact) mass is 199 g/mol. The summed E-state index contributed by atoms with van der Waals surface area (Å²) in [5.74, 6) is -0.424. The van der Waals surface area contributed by atoms with E-state index in [0.29, 0.717) is 11.1 Å². The van der Waals surface area contributed by atoms with E-state index < -0.39 is 17.5 Å². The van der Waals surface area contributed by atoms with Crippen molar-refractivity contribution in [2.45, 2.75) is 32.5 Å². The van der Waals surface area contributed by atoms with Gasteiger partial charge in [-0.1, -0.05) is 6.07 Å². The van der Waals surface area contributed by atoms with E-state index in [0.717, 1.165) is 0 Å². The molecule has 1 unspecified atom stereocenters. The maximum atomic E-state index is 13.7. The van der Waals surface area contributed by atoms with Crippen LogP contribution in [0.2, 0.25) is 0 Å². The Balaban J connectivity index is 3.07. The van der Waals surface area contributed by atoms with Crippen LogP contribution in [0, 0.1) is 12.7 Å². The summed E-state index contributed by atoms with van der Waals surface area (Å²) in [6, 6.07) is 4.16. The Morgan fingerprint density at radius 2 is 1.86 bits per heavy atom. The molecular formula is C11H15F2N. The van der Waals surface area contributed by atoms with Crippen LogP contribution in [0.3, 0.4) is 0 Å². The van der Waals surface area contributed by atoms with Gasteiger partial charge in [-0.05, 0) is 44.0 Å². The van der Waals surface area contributed by atoms with Crippen LogP contribution in [0.5, 0.6) is 0 Å². The Morgan fingerprint density at radius 1 is 1.29 bits per heavy atom. The normalized spacial score (nSPS) is 14.1. The van der Waals surface area contributed by atoms with Crippen LogP contribution in [-0.4, -0.2) is 5.54 Å². The molecule has 1 rings (SSSR count). The predicted octanol–water partition coefficient (Wildman–Crippen LogP) is 2.88. The van der Waals surface area contributed by atoms with Crippen molar-refractivity contribution < 1.29 is 8.78 Å². The van der Waals surface area contributed by atoms with Gasteiger partial charge < -0.3 is 5.73 Å². The van der Waals surface area contributed by atoms with Crippen LogP contribution in [0.25, 0.3) is 0 Å². The molecule has 0 amide bonds. The Kier molecular flexibility index (Phi) is 2.90. The van der Waals surface area contributed by atoms with Crippen molar-refractivity contribution in [2.75, 3.05) is 0 Å². The average molecular weight is 199 g/mol. The van der Waals surface area contributed by atoms with Gasteiger partial charge in [-0.25, -0.2) is 8.78 Å². The van der Waals surface area contributed by atoms with Crippen molar-refractivity contribution >= 4 is 0 Å². The summed E-state index contributed by atoms with van der Waals surface area (Å²) in [5.41, 5.74) is 5.63. The SMILES string of the molecule is Cc1cc(F)cc(C(F)C(C)(C)N)c1. The first-order valence-electron chi connectivity index (χ1n) is 4.51. The average Bonchev–Trinajstić information content (AvgIpc) is 1.99. The third-order valence-corrected chi connectivity index (χ3v) is 2.01. The maximum Gasteiger partial charge on any atom is 0.143 e. The fourth-order valence-electron chi connectivity index (χ4n) is 1.34. The lowest BCUT2D eigenvalue weighted by Gasteiger charge is -2.24. The first kappa shape index (κ1) is 11.1. The fraction of sp³-hybridized carbons (Fsp3) is 0.455. The summed E-state index contributed by atoms with van der Waals surface area (Å²) >= 11 is 0. The highest BCUT2D eigenvalue weighted by Crippen LogP contribution is 2.28. The minimum Gasteiger partial charge on any atom is -0.323 e. The number of nitrogens with two attached hydrogens (primary N) is 1. The highest BCUT2D eigenvalue weighted by molar-refractivity contribution is 5.27. The molecule has 0 aromatic heterocycles. The number of benzene rings is 1. The molecule has 1 aromatic rings. The van der Waals surface area contributed by atoms with Crippen molar-refractivity contribution in [2.24, 2.45) is 5.73 Å². The third-order valence-electron chi connectivity index (χ3n) is 2.01. The van der Waals surface area contributed by atoms with Gasteiger partial charge in [-0.15, -0.1) is 0 Å². The first-order valence-corrected chi connectivity index (χ1v) is 4.51. The minimum absolute atomic E-state index is 0.301. The highest BCUT2D eigenvalue weighted by Gasteiger charge is 2.26. The van der Waals surface area contributed by atoms with Gasteiger partial charge in [-0.2, -0.15) is 0 Å². The smallest absolute Gasteiger partial charge is 0.143 e. The van der Waals surface area contributed by atoms with Gasteiger partial charge in [0.1, 0.15) is 12.0 Å². The number of hydrogen-bond acceptors (Lipinski definition) is 1. The lowest BCUT2D eigenvalue weighted by molar-refractivity contribution is 0.223. The Morgan fingerprint density at radius 3 is 2.29 bits per heavy atom. The molecule has 1 aromatic carbocycles. The summed E-state index contributed by atoms with van der Waals surface area (Å²) in [4.78, 5) is 0. The maximum absolute atomic E-state index is 13.7. The van der Waals surface area contributed by atoms with E-state index in [1.807, 2.05) is 0 Å². The zero-order valence-corrected chi connectivity index (χ0v) is 8.64. The van der Waals surface area contributed by atoms with E-state index in [4.69, 9.17) is 5.73 Å². The molecule has 0 saturated carbocycles. The molecule has 0 radical (unpaired) electrons. The Hall–Kier alpha value is -0.960. The molecule has 2 N–H and O–H groups in total. The third kappa shape index (κ3) is 2.51. The van der Waals surface area contributed by atoms with E-state index in [1.54, 1.807) is 26.8 Å². The van der Waals surface area contributed by atoms with E-state index in [2.05, 4.69) is 0 Å². The summed E-state index contributed by atoms with van der Waals surface area (Å²) in [6.07, 6.45) is -1.35. The molecule has 0 aliphatic rings. The molecule has 0 bridgehead atoms. The van der Waals surface area contributed by atoms with Gasteiger partial charge in [0.05, 0.1) is 0 Å². The molecule has 0 aliphatic heterocycles. The Bertz CT molecular complexity index is 308. The highest BCUT2D eigenvalue weighted by atomic mass is 19.1. The molecule has 0 spiro atoms. The van der Waals surface area contributed by atoms with E-state index in [-0.39, 0.29) is 0 Å². The minimum atomic E-state index is -1.35. The van der Waals surface area contributed by atoms with Gasteiger partial charge in [-0.3, -0.25) is 0 Å². The quantitative estimate of drug-likeness (QED) is 0.778. The van der Waals surface area contributed by atoms with E-state index in [9.17, 15) is 8.78 Å². The van der Waals surface area contributed by atoms with Gasteiger partial charge in [0.15, 0.2) is 0 Å². The second kappa shape index (κ2) is 3.65. The number of aryl methyl sites for hydroxylation is 1. The largest absolute Gasteiger partial charge is 0.323 e. The topological polar surface area (TPSA) is 26.0 Å². The van der Waals surface area contributed by atoms with Crippen molar-refractivity contribution in [3.8, 4) is 0 Å². The van der Waals surface area contributed by atoms with Gasteiger partial charge in [0, 0.05) is 5.54 Å². The van der Waals surface area contributed by atoms with Crippen LogP contribution in [0.1, 0.15) is 31.1 Å². The molecule has 1 atom stereocenters. The lowest BCUT2D eigenvalue weighted by atomic mass is 9.93. The fourth-order valence-corrected chi connectivity index (χ4v) is 1.34. The van der Waals surface area contributed by atoms with Crippen molar-refractivity contribution in [1.29, 1.82) is 0 Å². The number of rotatable bonds is 2. The van der Waals surface area contributed by atoms with E-state index >= 15 is 0 Å². The molecule has 0 aliphatic carbocycles. The molecular weight excluding hydrogens is 184 g/mol. The second-order valence-corrected chi connectivity index (χ2v) is 4.25. The summed E-state index contributed by atoms with van der Waals surface area (Å²) in [7, 11) is 0. The predicted molar refractivity (Wildman–Crippen MR) is 53.3 cm³/mol. The molecule has 3 heteroatoms. The molecule has 1 nitrogen and oxygen atoms in total. The van der Waals surface area contributed by atoms with Gasteiger partial charge >= 0.3 is 0 Å². The molecule has 0 saturated heterocycles. The second-order valence-electron chi connectivity index (χ2n) is 4.25. The van der Waals surface area contributed by atoms with Crippen LogP contribution < -0.4 is 5.73 Å². The molecule has 14 heavy (non-hydrogen) atoms. The standard InChI is InChI=1S/C11H15F2N/c1-7-4-8(6-9(12)5-7)10(13)11(2,3)14/h4-6,10H,14H2,1-3H3. The van der Waals surface area contributed by atoms with Crippen molar-refractivity contribution in [3.63, 3.8) is 0 Å². The van der Waals surface area contributed by atoms with Crippen molar-refractivity contribution in [1.82, 2.24) is 0 Å². The summed E-state index contributed by atoms with van der Waals surface area (Å²) in [6.45, 7) is 4.89. The number of hydrogen-bond donors (Lipinski definition) is 1. The number of halogens is 2. The Labute approximate surface area is 82.9 Å². The lowest BCUT2D eigenvalue weighted by Crippen LogP contribution is -2.37. The van der Waals surface area contributed by atoms with E-state index in [1.165, 1.54) is 12.1 Å². The molecule has 0 fully saturated rings. The summed E-state index contributed by atoms with van der Waals surface area (Å²) in [5, 5.41) is 0.